The number of rotatable bonds is 6. The largest absolute Gasteiger partial charge is 0.372 e. The summed E-state index contributed by atoms with van der Waals surface area (Å²) < 4.78 is 33.8. The summed E-state index contributed by atoms with van der Waals surface area (Å²) in [5.41, 5.74) is 1.88. The Kier molecular flexibility index (Phi) is 7.21. The molecule has 3 aromatic rings. The second-order valence-corrected chi connectivity index (χ2v) is 11.3. The standard InChI is InChI=1S/C25H28ClN3O5S/c1-16-8-9-19(10-21(16)26)27-24(30)15-35(32,33)23-13-28(22-7-5-4-6-20(22)23)14-25(31)29-11-17(2)34-18(3)12-29/h4-10,13,17-18H,11-12,14-15H2,1-3H3,(H,27,30). The number of halogens is 1. The van der Waals surface area contributed by atoms with Gasteiger partial charge < -0.3 is 19.5 Å². The number of nitrogens with zero attached hydrogens (tertiary/aromatic N) is 2. The van der Waals surface area contributed by atoms with Crippen molar-refractivity contribution in [2.75, 3.05) is 24.2 Å². The van der Waals surface area contributed by atoms with Crippen LogP contribution in [0.15, 0.2) is 53.6 Å². The van der Waals surface area contributed by atoms with E-state index in [-0.39, 0.29) is 29.6 Å². The molecule has 2 aromatic carbocycles. The van der Waals surface area contributed by atoms with E-state index < -0.39 is 21.5 Å². The van der Waals surface area contributed by atoms with Gasteiger partial charge >= 0.3 is 0 Å². The predicted molar refractivity (Wildman–Crippen MR) is 135 cm³/mol. The van der Waals surface area contributed by atoms with Crippen molar-refractivity contribution >= 4 is 49.8 Å². The maximum absolute atomic E-state index is 13.2. The van der Waals surface area contributed by atoms with Crippen molar-refractivity contribution in [3.05, 3.63) is 59.2 Å². The van der Waals surface area contributed by atoms with E-state index >= 15 is 0 Å². The second kappa shape index (κ2) is 10.0. The molecule has 2 unspecified atom stereocenters. The minimum atomic E-state index is -3.99. The second-order valence-electron chi connectivity index (χ2n) is 8.97. The molecule has 10 heteroatoms. The van der Waals surface area contributed by atoms with Crippen molar-refractivity contribution in [2.24, 2.45) is 0 Å². The van der Waals surface area contributed by atoms with Crippen molar-refractivity contribution in [3.8, 4) is 0 Å². The maximum atomic E-state index is 13.2. The number of benzene rings is 2. The van der Waals surface area contributed by atoms with Gasteiger partial charge in [0.1, 0.15) is 12.3 Å². The zero-order valence-corrected chi connectivity index (χ0v) is 21.4. The molecule has 1 saturated heterocycles. The Morgan fingerprint density at radius 1 is 1.11 bits per heavy atom. The van der Waals surface area contributed by atoms with Crippen molar-refractivity contribution in [1.29, 1.82) is 0 Å². The summed E-state index contributed by atoms with van der Waals surface area (Å²) in [5.74, 6) is -1.53. The molecule has 1 aliphatic rings. The lowest BCUT2D eigenvalue weighted by molar-refractivity contribution is -0.143. The summed E-state index contributed by atoms with van der Waals surface area (Å²) in [6.45, 7) is 6.62. The molecule has 1 N–H and O–H groups in total. The predicted octanol–water partition coefficient (Wildman–Crippen LogP) is 3.65. The number of anilines is 1. The SMILES string of the molecule is Cc1ccc(NC(=O)CS(=O)(=O)c2cn(CC(=O)N3CC(C)OC(C)C3)c3ccccc23)cc1Cl. The van der Waals surface area contributed by atoms with Crippen LogP contribution in [0.3, 0.4) is 0 Å². The molecule has 186 valence electrons. The molecule has 4 rings (SSSR count). The maximum Gasteiger partial charge on any atom is 0.242 e. The van der Waals surface area contributed by atoms with Crippen LogP contribution in [0.5, 0.6) is 0 Å². The van der Waals surface area contributed by atoms with E-state index in [1.807, 2.05) is 20.8 Å². The van der Waals surface area contributed by atoms with Gasteiger partial charge in [-0.2, -0.15) is 0 Å². The smallest absolute Gasteiger partial charge is 0.242 e. The number of fused-ring (bicyclic) bond motifs is 1. The number of sulfone groups is 1. The van der Waals surface area contributed by atoms with E-state index in [1.165, 1.54) is 6.20 Å². The number of ether oxygens (including phenoxy) is 1. The first kappa shape index (κ1) is 25.2. The zero-order chi connectivity index (χ0) is 25.3. The molecule has 0 radical (unpaired) electrons. The fourth-order valence-electron chi connectivity index (χ4n) is 4.34. The number of carbonyl (C=O) groups is 2. The first-order chi connectivity index (χ1) is 16.5. The van der Waals surface area contributed by atoms with E-state index in [1.54, 1.807) is 51.9 Å². The Morgan fingerprint density at radius 3 is 2.49 bits per heavy atom. The van der Waals surface area contributed by atoms with Gasteiger partial charge in [-0.25, -0.2) is 8.42 Å². The van der Waals surface area contributed by atoms with E-state index in [0.29, 0.717) is 34.7 Å². The van der Waals surface area contributed by atoms with Gasteiger partial charge in [0.15, 0.2) is 9.84 Å². The number of amides is 2. The molecule has 1 aromatic heterocycles. The molecule has 2 heterocycles. The molecular weight excluding hydrogens is 490 g/mol. The van der Waals surface area contributed by atoms with E-state index in [0.717, 1.165) is 5.56 Å². The number of carbonyl (C=O) groups excluding carboxylic acids is 2. The number of nitrogens with one attached hydrogen (secondary N) is 1. The Morgan fingerprint density at radius 2 is 1.80 bits per heavy atom. The molecule has 1 fully saturated rings. The molecule has 8 nitrogen and oxygen atoms in total. The van der Waals surface area contributed by atoms with E-state index in [4.69, 9.17) is 16.3 Å². The summed E-state index contributed by atoms with van der Waals surface area (Å²) in [5, 5.41) is 3.53. The minimum absolute atomic E-state index is 0.0104. The van der Waals surface area contributed by atoms with Gasteiger partial charge in [0.2, 0.25) is 11.8 Å². The van der Waals surface area contributed by atoms with E-state index in [2.05, 4.69) is 5.32 Å². The lowest BCUT2D eigenvalue weighted by Crippen LogP contribution is -2.49. The summed E-state index contributed by atoms with van der Waals surface area (Å²) in [7, 11) is -3.99. The van der Waals surface area contributed by atoms with Crippen molar-refractivity contribution in [1.82, 2.24) is 9.47 Å². The average molecular weight is 518 g/mol. The van der Waals surface area contributed by atoms with Crippen molar-refractivity contribution in [3.63, 3.8) is 0 Å². The quantitative estimate of drug-likeness (QED) is 0.538. The van der Waals surface area contributed by atoms with Crippen LogP contribution in [-0.4, -0.2) is 60.7 Å². The highest BCUT2D eigenvalue weighted by Gasteiger charge is 2.28. The third kappa shape index (κ3) is 5.69. The fourth-order valence-corrected chi connectivity index (χ4v) is 5.89. The van der Waals surface area contributed by atoms with Gasteiger partial charge in [-0.15, -0.1) is 0 Å². The zero-order valence-electron chi connectivity index (χ0n) is 19.8. The summed E-state index contributed by atoms with van der Waals surface area (Å²) in [4.78, 5) is 27.3. The molecule has 1 aliphatic heterocycles. The lowest BCUT2D eigenvalue weighted by atomic mass is 10.2. The highest BCUT2D eigenvalue weighted by Crippen LogP contribution is 2.27. The van der Waals surface area contributed by atoms with Crippen LogP contribution >= 0.6 is 11.6 Å². The van der Waals surface area contributed by atoms with Gasteiger partial charge in [-0.1, -0.05) is 35.9 Å². The highest BCUT2D eigenvalue weighted by atomic mass is 35.5. The van der Waals surface area contributed by atoms with E-state index in [9.17, 15) is 18.0 Å². The van der Waals surface area contributed by atoms with Crippen LogP contribution in [0.4, 0.5) is 5.69 Å². The van der Waals surface area contributed by atoms with Crippen LogP contribution in [0.2, 0.25) is 5.02 Å². The Hall–Kier alpha value is -2.88. The number of para-hydroxylation sites is 1. The highest BCUT2D eigenvalue weighted by molar-refractivity contribution is 7.92. The first-order valence-corrected chi connectivity index (χ1v) is 13.4. The molecule has 0 aliphatic carbocycles. The van der Waals surface area contributed by atoms with Gasteiger partial charge in [-0.05, 0) is 44.5 Å². The van der Waals surface area contributed by atoms with Gasteiger partial charge in [0.05, 0.1) is 17.1 Å². The van der Waals surface area contributed by atoms with Gasteiger partial charge in [0.25, 0.3) is 0 Å². The van der Waals surface area contributed by atoms with Crippen molar-refractivity contribution in [2.45, 2.75) is 44.4 Å². The van der Waals surface area contributed by atoms with Crippen LogP contribution in [0, 0.1) is 6.92 Å². The minimum Gasteiger partial charge on any atom is -0.372 e. The molecule has 2 atom stereocenters. The molecule has 0 saturated carbocycles. The van der Waals surface area contributed by atoms with Crippen LogP contribution in [0.1, 0.15) is 19.4 Å². The third-order valence-corrected chi connectivity index (χ3v) is 7.99. The lowest BCUT2D eigenvalue weighted by Gasteiger charge is -2.35. The number of aryl methyl sites for hydroxylation is 1. The number of hydrogen-bond acceptors (Lipinski definition) is 5. The normalized spacial score (nSPS) is 18.6. The average Bonchev–Trinajstić information content (AvgIpc) is 3.15. The monoisotopic (exact) mass is 517 g/mol. The molecule has 0 bridgehead atoms. The topological polar surface area (TPSA) is 97.7 Å². The molecular formula is C25H28ClN3O5S. The number of aromatic nitrogens is 1. The Balaban J connectivity index is 1.56. The summed E-state index contributed by atoms with van der Waals surface area (Å²) in [6, 6.07) is 11.9. The third-order valence-electron chi connectivity index (χ3n) is 5.94. The van der Waals surface area contributed by atoms with Crippen LogP contribution in [-0.2, 0) is 30.7 Å². The molecule has 35 heavy (non-hydrogen) atoms. The number of hydrogen-bond donors (Lipinski definition) is 1. The summed E-state index contributed by atoms with van der Waals surface area (Å²) in [6.07, 6.45) is 1.31. The Labute approximate surface area is 209 Å². The van der Waals surface area contributed by atoms with Gasteiger partial charge in [-0.3, -0.25) is 9.59 Å². The Bertz CT molecular complexity index is 1380. The molecule has 2 amide bonds. The first-order valence-electron chi connectivity index (χ1n) is 11.3. The summed E-state index contributed by atoms with van der Waals surface area (Å²) >= 11 is 6.10. The number of morpholine rings is 1. The van der Waals surface area contributed by atoms with Crippen LogP contribution < -0.4 is 5.32 Å². The van der Waals surface area contributed by atoms with Crippen LogP contribution in [0.25, 0.3) is 10.9 Å². The molecule has 0 spiro atoms. The van der Waals surface area contributed by atoms with Crippen molar-refractivity contribution < 1.29 is 22.7 Å². The fraction of sp³-hybridized carbons (Fsp3) is 0.360. The van der Waals surface area contributed by atoms with Gasteiger partial charge in [0, 0.05) is 40.9 Å².